The van der Waals surface area contributed by atoms with Gasteiger partial charge in [-0.15, -0.1) is 11.6 Å². The van der Waals surface area contributed by atoms with Crippen LogP contribution in [0.1, 0.15) is 31.7 Å². The molecular formula is C12H21Cl2N3. The Kier molecular flexibility index (Phi) is 5.77. The van der Waals surface area contributed by atoms with Gasteiger partial charge in [-0.1, -0.05) is 25.4 Å². The minimum absolute atomic E-state index is 0.170. The maximum Gasteiger partial charge on any atom is 0.0860 e. The summed E-state index contributed by atoms with van der Waals surface area (Å²) >= 11 is 12.4. The van der Waals surface area contributed by atoms with Crippen LogP contribution in [-0.2, 0) is 13.6 Å². The SMILES string of the molecule is Cc1nn(C)c(CNCC(Cl)CC(C)C)c1Cl. The Morgan fingerprint density at radius 1 is 1.41 bits per heavy atom. The summed E-state index contributed by atoms with van der Waals surface area (Å²) in [5, 5.41) is 8.51. The van der Waals surface area contributed by atoms with Gasteiger partial charge in [-0.3, -0.25) is 4.68 Å². The van der Waals surface area contributed by atoms with Crippen LogP contribution in [0.4, 0.5) is 0 Å². The third kappa shape index (κ3) is 4.49. The Morgan fingerprint density at radius 2 is 2.06 bits per heavy atom. The lowest BCUT2D eigenvalue weighted by atomic mass is 10.1. The number of hydrogen-bond donors (Lipinski definition) is 1. The Bertz CT molecular complexity index is 361. The minimum atomic E-state index is 0.170. The van der Waals surface area contributed by atoms with Crippen LogP contribution in [0.3, 0.4) is 0 Å². The summed E-state index contributed by atoms with van der Waals surface area (Å²) in [6, 6.07) is 0. The van der Waals surface area contributed by atoms with Gasteiger partial charge < -0.3 is 5.32 Å². The molecule has 1 rings (SSSR count). The molecule has 1 N–H and O–H groups in total. The maximum absolute atomic E-state index is 6.21. The fraction of sp³-hybridized carbons (Fsp3) is 0.750. The molecular weight excluding hydrogens is 257 g/mol. The van der Waals surface area contributed by atoms with E-state index in [0.717, 1.165) is 29.4 Å². The highest BCUT2D eigenvalue weighted by Crippen LogP contribution is 2.19. The van der Waals surface area contributed by atoms with Crippen molar-refractivity contribution in [1.29, 1.82) is 0 Å². The van der Waals surface area contributed by atoms with Gasteiger partial charge in [-0.25, -0.2) is 0 Å². The molecule has 1 atom stereocenters. The van der Waals surface area contributed by atoms with Crippen molar-refractivity contribution < 1.29 is 0 Å². The van der Waals surface area contributed by atoms with Gasteiger partial charge >= 0.3 is 0 Å². The summed E-state index contributed by atoms with van der Waals surface area (Å²) in [6.45, 7) is 7.76. The molecule has 0 amide bonds. The normalized spacial score (nSPS) is 13.4. The number of nitrogens with one attached hydrogen (secondary N) is 1. The number of halogens is 2. The smallest absolute Gasteiger partial charge is 0.0860 e. The highest BCUT2D eigenvalue weighted by molar-refractivity contribution is 6.31. The van der Waals surface area contributed by atoms with Crippen LogP contribution in [0.2, 0.25) is 5.02 Å². The first-order chi connectivity index (χ1) is 7.91. The zero-order valence-corrected chi connectivity index (χ0v) is 12.4. The van der Waals surface area contributed by atoms with Crippen LogP contribution < -0.4 is 5.32 Å². The molecule has 0 aliphatic heterocycles. The summed E-state index contributed by atoms with van der Waals surface area (Å²) in [4.78, 5) is 0. The van der Waals surface area contributed by atoms with Crippen molar-refractivity contribution in [2.75, 3.05) is 6.54 Å². The number of rotatable bonds is 6. The lowest BCUT2D eigenvalue weighted by Gasteiger charge is -2.13. The van der Waals surface area contributed by atoms with Gasteiger partial charge in [0, 0.05) is 25.5 Å². The van der Waals surface area contributed by atoms with E-state index < -0.39 is 0 Å². The Labute approximate surface area is 113 Å². The highest BCUT2D eigenvalue weighted by Gasteiger charge is 2.12. The molecule has 1 aromatic heterocycles. The van der Waals surface area contributed by atoms with Crippen LogP contribution in [0, 0.1) is 12.8 Å². The summed E-state index contributed by atoms with van der Waals surface area (Å²) in [5.41, 5.74) is 1.88. The van der Waals surface area contributed by atoms with Crippen LogP contribution in [-0.4, -0.2) is 21.7 Å². The standard InChI is InChI=1S/C12H21Cl2N3/c1-8(2)5-10(13)6-15-7-11-12(14)9(3)16-17(11)4/h8,10,15H,5-7H2,1-4H3. The molecule has 3 nitrogen and oxygen atoms in total. The fourth-order valence-corrected chi connectivity index (χ4v) is 2.51. The first-order valence-electron chi connectivity index (χ1n) is 5.94. The Balaban J connectivity index is 2.41. The second-order valence-corrected chi connectivity index (χ2v) is 5.82. The highest BCUT2D eigenvalue weighted by atomic mass is 35.5. The Hall–Kier alpha value is -0.250. The molecule has 98 valence electrons. The monoisotopic (exact) mass is 277 g/mol. The third-order valence-electron chi connectivity index (χ3n) is 2.65. The maximum atomic E-state index is 6.21. The number of aromatic nitrogens is 2. The molecule has 0 radical (unpaired) electrons. The zero-order valence-electron chi connectivity index (χ0n) is 10.9. The number of aryl methyl sites for hydroxylation is 2. The van der Waals surface area contributed by atoms with Crippen molar-refractivity contribution in [3.63, 3.8) is 0 Å². The fourth-order valence-electron chi connectivity index (χ4n) is 1.81. The van der Waals surface area contributed by atoms with E-state index in [1.807, 2.05) is 18.7 Å². The van der Waals surface area contributed by atoms with Gasteiger partial charge in [0.25, 0.3) is 0 Å². The predicted octanol–water partition coefficient (Wildman–Crippen LogP) is 3.13. The molecule has 5 heteroatoms. The van der Waals surface area contributed by atoms with Gasteiger partial charge in [0.15, 0.2) is 0 Å². The molecule has 0 bridgehead atoms. The largest absolute Gasteiger partial charge is 0.310 e. The first-order valence-corrected chi connectivity index (χ1v) is 6.76. The minimum Gasteiger partial charge on any atom is -0.310 e. The molecule has 0 spiro atoms. The van der Waals surface area contributed by atoms with E-state index in [0.29, 0.717) is 12.5 Å². The van der Waals surface area contributed by atoms with Crippen LogP contribution >= 0.6 is 23.2 Å². The van der Waals surface area contributed by atoms with Gasteiger partial charge in [0.2, 0.25) is 0 Å². The van der Waals surface area contributed by atoms with E-state index in [9.17, 15) is 0 Å². The van der Waals surface area contributed by atoms with E-state index in [2.05, 4.69) is 24.3 Å². The molecule has 0 aliphatic rings. The van der Waals surface area contributed by atoms with Crippen molar-refractivity contribution in [2.45, 2.75) is 39.1 Å². The van der Waals surface area contributed by atoms with E-state index in [-0.39, 0.29) is 5.38 Å². The second-order valence-electron chi connectivity index (χ2n) is 4.83. The lowest BCUT2D eigenvalue weighted by molar-refractivity contribution is 0.527. The van der Waals surface area contributed by atoms with Gasteiger partial charge in [-0.05, 0) is 19.3 Å². The molecule has 0 aromatic carbocycles. The van der Waals surface area contributed by atoms with Gasteiger partial charge in [0.05, 0.1) is 16.4 Å². The summed E-state index contributed by atoms with van der Waals surface area (Å²) in [6.07, 6.45) is 1.02. The van der Waals surface area contributed by atoms with E-state index >= 15 is 0 Å². The summed E-state index contributed by atoms with van der Waals surface area (Å²) in [7, 11) is 1.90. The van der Waals surface area contributed by atoms with Crippen LogP contribution in [0.5, 0.6) is 0 Å². The van der Waals surface area contributed by atoms with Crippen molar-refractivity contribution in [3.05, 3.63) is 16.4 Å². The summed E-state index contributed by atoms with van der Waals surface area (Å²) < 4.78 is 1.82. The van der Waals surface area contributed by atoms with Gasteiger partial charge in [-0.2, -0.15) is 5.10 Å². The third-order valence-corrected chi connectivity index (χ3v) is 3.47. The van der Waals surface area contributed by atoms with Gasteiger partial charge in [0.1, 0.15) is 0 Å². The molecule has 1 aromatic rings. The number of alkyl halides is 1. The molecule has 17 heavy (non-hydrogen) atoms. The molecule has 0 fully saturated rings. The lowest BCUT2D eigenvalue weighted by Crippen LogP contribution is -2.25. The molecule has 0 aliphatic carbocycles. The average molecular weight is 278 g/mol. The van der Waals surface area contributed by atoms with E-state index in [1.54, 1.807) is 0 Å². The van der Waals surface area contributed by atoms with E-state index in [1.165, 1.54) is 0 Å². The van der Waals surface area contributed by atoms with Crippen molar-refractivity contribution in [3.8, 4) is 0 Å². The molecule has 0 saturated heterocycles. The average Bonchev–Trinajstić information content (AvgIpc) is 2.43. The predicted molar refractivity (Wildman–Crippen MR) is 73.8 cm³/mol. The molecule has 0 saturated carbocycles. The Morgan fingerprint density at radius 3 is 2.53 bits per heavy atom. The zero-order chi connectivity index (χ0) is 13.0. The topological polar surface area (TPSA) is 29.9 Å². The first kappa shape index (κ1) is 14.8. The van der Waals surface area contributed by atoms with E-state index in [4.69, 9.17) is 23.2 Å². The second kappa shape index (κ2) is 6.62. The quantitative estimate of drug-likeness (QED) is 0.810. The van der Waals surface area contributed by atoms with Crippen LogP contribution in [0.15, 0.2) is 0 Å². The van der Waals surface area contributed by atoms with Crippen molar-refractivity contribution in [1.82, 2.24) is 15.1 Å². The van der Waals surface area contributed by atoms with Crippen molar-refractivity contribution in [2.24, 2.45) is 13.0 Å². The molecule has 1 unspecified atom stereocenters. The van der Waals surface area contributed by atoms with Crippen molar-refractivity contribution >= 4 is 23.2 Å². The molecule has 1 heterocycles. The number of hydrogen-bond acceptors (Lipinski definition) is 2. The number of nitrogens with zero attached hydrogens (tertiary/aromatic N) is 2. The van der Waals surface area contributed by atoms with Crippen LogP contribution in [0.25, 0.3) is 0 Å². The summed E-state index contributed by atoms with van der Waals surface area (Å²) in [5.74, 6) is 0.627.